The van der Waals surface area contributed by atoms with Crippen LogP contribution in [0.1, 0.15) is 16.8 Å². The molecule has 3 heteroatoms. The van der Waals surface area contributed by atoms with Gasteiger partial charge in [-0.15, -0.1) is 0 Å². The molecule has 0 fully saturated rings. The lowest BCUT2D eigenvalue weighted by molar-refractivity contribution is -0.138. The van der Waals surface area contributed by atoms with Crippen LogP contribution in [0.25, 0.3) is 11.6 Å². The molecule has 0 saturated carbocycles. The van der Waals surface area contributed by atoms with Gasteiger partial charge in [-0.2, -0.15) is 0 Å². The summed E-state index contributed by atoms with van der Waals surface area (Å²) >= 11 is 0. The van der Waals surface area contributed by atoms with Crippen LogP contribution in [0.5, 0.6) is 0 Å². The first kappa shape index (κ1) is 10.8. The van der Waals surface area contributed by atoms with E-state index in [1.807, 2.05) is 60.3 Å². The van der Waals surface area contributed by atoms with Crippen molar-refractivity contribution in [2.45, 2.75) is 6.61 Å². The summed E-state index contributed by atoms with van der Waals surface area (Å²) in [6.07, 6.45) is 3.83. The maximum Gasteiger partial charge on any atom is 0.339 e. The number of carbonyl (C=O) groups is 1. The van der Waals surface area contributed by atoms with E-state index in [2.05, 4.69) is 0 Å². The highest BCUT2D eigenvalue weighted by atomic mass is 16.5. The Morgan fingerprint density at radius 3 is 2.83 bits per heavy atom. The van der Waals surface area contributed by atoms with E-state index in [1.165, 1.54) is 0 Å². The van der Waals surface area contributed by atoms with E-state index in [4.69, 9.17) is 4.74 Å². The fourth-order valence-corrected chi connectivity index (χ4v) is 2.15. The van der Waals surface area contributed by atoms with E-state index in [1.54, 1.807) is 0 Å². The maximum atomic E-state index is 11.9. The van der Waals surface area contributed by atoms with Crippen molar-refractivity contribution in [2.24, 2.45) is 7.05 Å². The number of aryl methyl sites for hydroxylation is 1. The van der Waals surface area contributed by atoms with Gasteiger partial charge in [0.25, 0.3) is 0 Å². The Labute approximate surface area is 105 Å². The molecular formula is C15H13NO2. The lowest BCUT2D eigenvalue weighted by Crippen LogP contribution is -2.15. The number of hydrogen-bond donors (Lipinski definition) is 0. The van der Waals surface area contributed by atoms with Crippen molar-refractivity contribution >= 4 is 17.6 Å². The average Bonchev–Trinajstić information content (AvgIpc) is 2.79. The van der Waals surface area contributed by atoms with E-state index in [9.17, 15) is 4.79 Å². The molecule has 0 radical (unpaired) electrons. The van der Waals surface area contributed by atoms with E-state index in [-0.39, 0.29) is 5.97 Å². The summed E-state index contributed by atoms with van der Waals surface area (Å²) in [4.78, 5) is 11.9. The number of fused-ring (bicyclic) bond motifs is 1. The van der Waals surface area contributed by atoms with Crippen LogP contribution in [0, 0.1) is 0 Å². The molecule has 1 aliphatic heterocycles. The molecule has 0 saturated heterocycles. The molecule has 0 atom stereocenters. The fraction of sp³-hybridized carbons (Fsp3) is 0.133. The lowest BCUT2D eigenvalue weighted by Gasteiger charge is -2.18. The number of aromatic nitrogens is 1. The zero-order valence-electron chi connectivity index (χ0n) is 10.1. The van der Waals surface area contributed by atoms with Gasteiger partial charge >= 0.3 is 5.97 Å². The molecular weight excluding hydrogens is 226 g/mol. The Morgan fingerprint density at radius 2 is 2.06 bits per heavy atom. The Balaban J connectivity index is 2.14. The van der Waals surface area contributed by atoms with Crippen molar-refractivity contribution in [2.75, 3.05) is 0 Å². The number of benzene rings is 1. The third kappa shape index (κ3) is 1.74. The third-order valence-electron chi connectivity index (χ3n) is 3.16. The molecule has 2 aromatic rings. The minimum absolute atomic E-state index is 0.255. The van der Waals surface area contributed by atoms with E-state index in [0.29, 0.717) is 12.2 Å². The predicted octanol–water partition coefficient (Wildman–Crippen LogP) is 2.62. The van der Waals surface area contributed by atoms with Crippen molar-refractivity contribution in [3.05, 3.63) is 59.4 Å². The SMILES string of the molecule is Cn1cccc1/C=C1/C(=O)OCc2ccccc21. The summed E-state index contributed by atoms with van der Waals surface area (Å²) in [6.45, 7) is 0.361. The number of carbonyl (C=O) groups excluding carboxylic acids is 1. The van der Waals surface area contributed by atoms with Crippen LogP contribution < -0.4 is 0 Å². The van der Waals surface area contributed by atoms with Crippen LogP contribution in [0.2, 0.25) is 0 Å². The largest absolute Gasteiger partial charge is 0.457 e. The highest BCUT2D eigenvalue weighted by molar-refractivity contribution is 6.22. The summed E-state index contributed by atoms with van der Waals surface area (Å²) in [5.41, 5.74) is 3.63. The molecule has 2 heterocycles. The van der Waals surface area contributed by atoms with Gasteiger partial charge in [0.05, 0.1) is 5.57 Å². The third-order valence-corrected chi connectivity index (χ3v) is 3.16. The van der Waals surface area contributed by atoms with Gasteiger partial charge < -0.3 is 9.30 Å². The summed E-state index contributed by atoms with van der Waals surface area (Å²) in [5, 5.41) is 0. The summed E-state index contributed by atoms with van der Waals surface area (Å²) < 4.78 is 7.16. The van der Waals surface area contributed by atoms with E-state index < -0.39 is 0 Å². The van der Waals surface area contributed by atoms with Crippen molar-refractivity contribution in [3.8, 4) is 0 Å². The van der Waals surface area contributed by atoms with Crippen LogP contribution in [0.3, 0.4) is 0 Å². The number of hydrogen-bond acceptors (Lipinski definition) is 2. The molecule has 0 spiro atoms. The standard InChI is InChI=1S/C15H13NO2/c1-16-8-4-6-12(16)9-14-13-7-3-2-5-11(13)10-18-15(14)17/h2-9H,10H2,1H3/b14-9+. The topological polar surface area (TPSA) is 31.2 Å². The van der Waals surface area contributed by atoms with Gasteiger partial charge in [0.2, 0.25) is 0 Å². The molecule has 0 N–H and O–H groups in total. The molecule has 0 aliphatic carbocycles. The second kappa shape index (κ2) is 4.18. The van der Waals surface area contributed by atoms with Gasteiger partial charge in [-0.3, -0.25) is 0 Å². The molecule has 0 bridgehead atoms. The summed E-state index contributed by atoms with van der Waals surface area (Å²) in [6, 6.07) is 11.8. The second-order valence-electron chi connectivity index (χ2n) is 4.34. The average molecular weight is 239 g/mol. The number of rotatable bonds is 1. The summed E-state index contributed by atoms with van der Waals surface area (Å²) in [5.74, 6) is -0.255. The van der Waals surface area contributed by atoms with Crippen LogP contribution in [-0.4, -0.2) is 10.5 Å². The first-order chi connectivity index (χ1) is 8.75. The number of ether oxygens (including phenoxy) is 1. The van der Waals surface area contributed by atoms with Crippen LogP contribution in [-0.2, 0) is 23.2 Å². The molecule has 18 heavy (non-hydrogen) atoms. The molecule has 1 aliphatic rings. The normalized spacial score (nSPS) is 16.5. The summed E-state index contributed by atoms with van der Waals surface area (Å²) in [7, 11) is 1.95. The number of cyclic esters (lactones) is 1. The molecule has 0 amide bonds. The maximum absolute atomic E-state index is 11.9. The van der Waals surface area contributed by atoms with Crippen molar-refractivity contribution < 1.29 is 9.53 Å². The van der Waals surface area contributed by atoms with Crippen LogP contribution in [0.4, 0.5) is 0 Å². The molecule has 1 aromatic heterocycles. The van der Waals surface area contributed by atoms with Gasteiger partial charge in [-0.1, -0.05) is 24.3 Å². The Bertz CT molecular complexity index is 637. The van der Waals surface area contributed by atoms with Crippen LogP contribution >= 0.6 is 0 Å². The van der Waals surface area contributed by atoms with Gasteiger partial charge in [0.1, 0.15) is 6.61 Å². The zero-order chi connectivity index (χ0) is 12.5. The number of esters is 1. The number of nitrogens with zero attached hydrogens (tertiary/aromatic N) is 1. The molecule has 1 aromatic carbocycles. The minimum Gasteiger partial charge on any atom is -0.457 e. The van der Waals surface area contributed by atoms with Crippen LogP contribution in [0.15, 0.2) is 42.6 Å². The van der Waals surface area contributed by atoms with Crippen molar-refractivity contribution in [1.29, 1.82) is 0 Å². The highest BCUT2D eigenvalue weighted by Crippen LogP contribution is 2.28. The van der Waals surface area contributed by atoms with Crippen molar-refractivity contribution in [3.63, 3.8) is 0 Å². The zero-order valence-corrected chi connectivity index (χ0v) is 10.1. The highest BCUT2D eigenvalue weighted by Gasteiger charge is 2.22. The lowest BCUT2D eigenvalue weighted by atomic mass is 9.97. The van der Waals surface area contributed by atoms with Gasteiger partial charge in [0.15, 0.2) is 0 Å². The van der Waals surface area contributed by atoms with Crippen molar-refractivity contribution in [1.82, 2.24) is 4.57 Å². The van der Waals surface area contributed by atoms with Gasteiger partial charge in [-0.25, -0.2) is 4.79 Å². The monoisotopic (exact) mass is 239 g/mol. The molecule has 0 unspecified atom stereocenters. The van der Waals surface area contributed by atoms with E-state index in [0.717, 1.165) is 16.8 Å². The van der Waals surface area contributed by atoms with Gasteiger partial charge in [-0.05, 0) is 29.3 Å². The molecule has 90 valence electrons. The Kier molecular flexibility index (Phi) is 2.52. The fourth-order valence-electron chi connectivity index (χ4n) is 2.15. The Hall–Kier alpha value is -2.29. The first-order valence-electron chi connectivity index (χ1n) is 5.84. The minimum atomic E-state index is -0.255. The Morgan fingerprint density at radius 1 is 1.22 bits per heavy atom. The predicted molar refractivity (Wildman–Crippen MR) is 69.5 cm³/mol. The first-order valence-corrected chi connectivity index (χ1v) is 5.84. The second-order valence-corrected chi connectivity index (χ2v) is 4.34. The quantitative estimate of drug-likeness (QED) is 0.566. The molecule has 3 nitrogen and oxygen atoms in total. The van der Waals surface area contributed by atoms with Gasteiger partial charge in [0, 0.05) is 18.9 Å². The van der Waals surface area contributed by atoms with E-state index >= 15 is 0 Å². The smallest absolute Gasteiger partial charge is 0.339 e. The molecule has 3 rings (SSSR count).